The smallest absolute Gasteiger partial charge is 0.223 e. The Morgan fingerprint density at radius 2 is 1.76 bits per heavy atom. The summed E-state index contributed by atoms with van der Waals surface area (Å²) in [6.45, 7) is 0.549. The van der Waals surface area contributed by atoms with E-state index < -0.39 is 0 Å². The molecule has 0 aromatic heterocycles. The van der Waals surface area contributed by atoms with Crippen molar-refractivity contribution < 1.29 is 14.0 Å². The lowest BCUT2D eigenvalue weighted by Gasteiger charge is -2.25. The molecule has 0 heterocycles. The summed E-state index contributed by atoms with van der Waals surface area (Å²) in [6, 6.07) is 6.41. The second-order valence-electron chi connectivity index (χ2n) is 7.31. The van der Waals surface area contributed by atoms with Crippen LogP contribution < -0.4 is 10.6 Å². The van der Waals surface area contributed by atoms with Crippen LogP contribution in [0.15, 0.2) is 24.3 Å². The van der Waals surface area contributed by atoms with Gasteiger partial charge < -0.3 is 10.6 Å². The average Bonchev–Trinajstić information content (AvgIpc) is 3.33. The van der Waals surface area contributed by atoms with Gasteiger partial charge in [-0.05, 0) is 55.7 Å². The van der Waals surface area contributed by atoms with Crippen LogP contribution in [0.3, 0.4) is 0 Å². The van der Waals surface area contributed by atoms with Crippen molar-refractivity contribution in [1.29, 1.82) is 0 Å². The van der Waals surface area contributed by atoms with Crippen LogP contribution in [-0.2, 0) is 9.59 Å². The van der Waals surface area contributed by atoms with Gasteiger partial charge in [0.25, 0.3) is 0 Å². The number of carbonyl (C=O) groups excluding carboxylic acids is 2. The van der Waals surface area contributed by atoms with Gasteiger partial charge in [0.2, 0.25) is 11.8 Å². The van der Waals surface area contributed by atoms with Gasteiger partial charge in [0, 0.05) is 18.9 Å². The molecule has 1 atom stereocenters. The molecule has 5 heteroatoms. The van der Waals surface area contributed by atoms with Gasteiger partial charge in [0.15, 0.2) is 0 Å². The van der Waals surface area contributed by atoms with Crippen molar-refractivity contribution in [2.45, 2.75) is 57.4 Å². The highest BCUT2D eigenvalue weighted by molar-refractivity contribution is 5.81. The van der Waals surface area contributed by atoms with Crippen LogP contribution in [0.1, 0.15) is 63.0 Å². The van der Waals surface area contributed by atoms with Crippen LogP contribution >= 0.6 is 0 Å². The van der Waals surface area contributed by atoms with Crippen molar-refractivity contribution in [3.8, 4) is 0 Å². The molecule has 2 fully saturated rings. The molecule has 0 spiro atoms. The molecule has 4 nitrogen and oxygen atoms in total. The normalized spacial score (nSPS) is 18.8. The summed E-state index contributed by atoms with van der Waals surface area (Å²) in [5.41, 5.74) is 0.976. The van der Waals surface area contributed by atoms with Gasteiger partial charge in [-0.2, -0.15) is 0 Å². The van der Waals surface area contributed by atoms with Crippen molar-refractivity contribution in [2.75, 3.05) is 6.54 Å². The number of halogens is 1. The third-order valence-electron chi connectivity index (χ3n) is 5.24. The van der Waals surface area contributed by atoms with E-state index in [9.17, 15) is 14.0 Å². The Hall–Kier alpha value is -1.91. The molecule has 0 bridgehead atoms. The molecule has 1 aromatic carbocycles. The molecule has 2 saturated carbocycles. The van der Waals surface area contributed by atoms with Crippen LogP contribution in [0.5, 0.6) is 0 Å². The van der Waals surface area contributed by atoms with E-state index in [0.29, 0.717) is 25.3 Å². The van der Waals surface area contributed by atoms with Crippen molar-refractivity contribution in [3.63, 3.8) is 0 Å². The summed E-state index contributed by atoms with van der Waals surface area (Å²) in [5.74, 6) is 0.493. The fourth-order valence-corrected chi connectivity index (χ4v) is 3.63. The molecule has 25 heavy (non-hydrogen) atoms. The predicted octanol–water partition coefficient (Wildman–Crippen LogP) is 3.48. The third kappa shape index (κ3) is 5.28. The second kappa shape index (κ2) is 8.45. The van der Waals surface area contributed by atoms with Gasteiger partial charge >= 0.3 is 0 Å². The zero-order valence-corrected chi connectivity index (χ0v) is 14.6. The van der Waals surface area contributed by atoms with Crippen LogP contribution in [0.25, 0.3) is 0 Å². The van der Waals surface area contributed by atoms with Crippen LogP contribution in [0.2, 0.25) is 0 Å². The Kier molecular flexibility index (Phi) is 6.05. The van der Waals surface area contributed by atoms with Crippen LogP contribution in [0.4, 0.5) is 4.39 Å². The van der Waals surface area contributed by atoms with Gasteiger partial charge in [-0.15, -0.1) is 0 Å². The molecule has 2 aliphatic rings. The molecule has 136 valence electrons. The monoisotopic (exact) mass is 346 g/mol. The number of hydrogen-bond acceptors (Lipinski definition) is 2. The lowest BCUT2D eigenvalue weighted by Crippen LogP contribution is -2.33. The summed E-state index contributed by atoms with van der Waals surface area (Å²) in [4.78, 5) is 23.9. The van der Waals surface area contributed by atoms with Gasteiger partial charge in [-0.1, -0.05) is 25.0 Å². The van der Waals surface area contributed by atoms with Crippen LogP contribution in [0, 0.1) is 17.7 Å². The molecule has 1 aromatic rings. The highest BCUT2D eigenvalue weighted by Crippen LogP contribution is 2.35. The Morgan fingerprint density at radius 1 is 1.08 bits per heavy atom. The Labute approximate surface area is 148 Å². The van der Waals surface area contributed by atoms with Crippen molar-refractivity contribution in [3.05, 3.63) is 35.6 Å². The highest BCUT2D eigenvalue weighted by Gasteiger charge is 2.29. The number of amides is 2. The van der Waals surface area contributed by atoms with Gasteiger partial charge in [-0.3, -0.25) is 9.59 Å². The zero-order valence-electron chi connectivity index (χ0n) is 14.6. The summed E-state index contributed by atoms with van der Waals surface area (Å²) in [5, 5.41) is 6.03. The Bertz CT molecular complexity index is 592. The number of hydrogen-bond donors (Lipinski definition) is 2. The molecular formula is C20H27FN2O2. The lowest BCUT2D eigenvalue weighted by atomic mass is 9.91. The maximum absolute atomic E-state index is 13.2. The summed E-state index contributed by atoms with van der Waals surface area (Å²) in [7, 11) is 0. The fourth-order valence-electron chi connectivity index (χ4n) is 3.63. The first-order valence-corrected chi connectivity index (χ1v) is 9.46. The molecule has 1 unspecified atom stereocenters. The van der Waals surface area contributed by atoms with E-state index in [1.165, 1.54) is 25.0 Å². The number of nitrogens with one attached hydrogen (secondary N) is 2. The van der Waals surface area contributed by atoms with Crippen molar-refractivity contribution in [1.82, 2.24) is 10.6 Å². The minimum absolute atomic E-state index is 0.00176. The van der Waals surface area contributed by atoms with E-state index in [4.69, 9.17) is 0 Å². The largest absolute Gasteiger partial charge is 0.356 e. The third-order valence-corrected chi connectivity index (χ3v) is 5.24. The maximum atomic E-state index is 13.2. The van der Waals surface area contributed by atoms with E-state index in [0.717, 1.165) is 31.2 Å². The summed E-state index contributed by atoms with van der Waals surface area (Å²) >= 11 is 0. The minimum atomic E-state index is -0.258. The first-order valence-electron chi connectivity index (χ1n) is 9.46. The minimum Gasteiger partial charge on any atom is -0.356 e. The Balaban J connectivity index is 1.49. The van der Waals surface area contributed by atoms with Gasteiger partial charge in [0.05, 0.1) is 6.04 Å². The molecule has 0 saturated heterocycles. The topological polar surface area (TPSA) is 58.2 Å². The number of rotatable bonds is 8. The molecule has 2 aliphatic carbocycles. The maximum Gasteiger partial charge on any atom is 0.223 e. The number of benzene rings is 1. The lowest BCUT2D eigenvalue weighted by molar-refractivity contribution is -0.124. The van der Waals surface area contributed by atoms with Crippen LogP contribution in [-0.4, -0.2) is 18.4 Å². The van der Waals surface area contributed by atoms with Gasteiger partial charge in [-0.25, -0.2) is 4.39 Å². The highest BCUT2D eigenvalue weighted by atomic mass is 19.1. The first kappa shape index (κ1) is 17.9. The summed E-state index contributed by atoms with van der Waals surface area (Å²) in [6.07, 6.45) is 7.59. The molecule has 3 rings (SSSR count). The van der Waals surface area contributed by atoms with Crippen molar-refractivity contribution in [2.24, 2.45) is 11.8 Å². The molecule has 0 radical (unpaired) electrons. The molecular weight excluding hydrogens is 319 g/mol. The molecule has 0 aliphatic heterocycles. The quantitative estimate of drug-likeness (QED) is 0.708. The Morgan fingerprint density at radius 3 is 2.40 bits per heavy atom. The SMILES string of the molecule is O=C(CCCNC(=O)C1CC1)NC(c1ccc(F)cc1)C1CCCC1. The van der Waals surface area contributed by atoms with E-state index in [1.807, 2.05) is 0 Å². The average molecular weight is 346 g/mol. The van der Waals surface area contributed by atoms with E-state index in [2.05, 4.69) is 10.6 Å². The van der Waals surface area contributed by atoms with E-state index in [-0.39, 0.29) is 29.6 Å². The zero-order chi connectivity index (χ0) is 17.6. The van der Waals surface area contributed by atoms with E-state index in [1.54, 1.807) is 12.1 Å². The van der Waals surface area contributed by atoms with Gasteiger partial charge in [0.1, 0.15) is 5.82 Å². The number of carbonyl (C=O) groups is 2. The van der Waals surface area contributed by atoms with Crippen molar-refractivity contribution >= 4 is 11.8 Å². The fraction of sp³-hybridized carbons (Fsp3) is 0.600. The molecule has 2 amide bonds. The first-order chi connectivity index (χ1) is 12.1. The summed E-state index contributed by atoms with van der Waals surface area (Å²) < 4.78 is 13.2. The standard InChI is InChI=1S/C20H27FN2O2/c21-17-11-9-15(10-12-17)19(14-4-1-2-5-14)23-18(24)6-3-13-22-20(25)16-7-8-16/h9-12,14,16,19H,1-8,13H2,(H,22,25)(H,23,24). The second-order valence-corrected chi connectivity index (χ2v) is 7.31. The molecule has 2 N–H and O–H groups in total. The predicted molar refractivity (Wildman–Crippen MR) is 94.2 cm³/mol. The van der Waals surface area contributed by atoms with E-state index >= 15 is 0 Å².